The Balaban J connectivity index is 1.31. The molecule has 0 aliphatic carbocycles. The lowest BCUT2D eigenvalue weighted by atomic mass is 9.85. The number of pyridine rings is 2. The maximum Gasteiger partial charge on any atom is 0.253 e. The third-order valence-corrected chi connectivity index (χ3v) is 7.69. The first-order chi connectivity index (χ1) is 20.2. The summed E-state index contributed by atoms with van der Waals surface area (Å²) in [6, 6.07) is 13.1. The maximum absolute atomic E-state index is 12.9. The SMILES string of the molecule is [2H]C([2H])([2H])N(C(=O)c1ccc(C2CCN([C@@H](C)c3cc4c(-c5ccc(N)cn5)ccnc4n3C)CC2)c(C)c1)C([2H])([2H])[2H]. The van der Waals surface area contributed by atoms with Crippen LogP contribution in [-0.2, 0) is 7.05 Å². The van der Waals surface area contributed by atoms with E-state index in [0.29, 0.717) is 5.69 Å². The zero-order valence-corrected chi connectivity index (χ0v) is 21.4. The number of benzene rings is 1. The number of aryl methyl sites for hydroxylation is 2. The lowest BCUT2D eigenvalue weighted by Crippen LogP contribution is -2.35. The van der Waals surface area contributed by atoms with E-state index in [-0.39, 0.29) is 22.4 Å². The molecule has 1 atom stereocenters. The second-order valence-electron chi connectivity index (χ2n) is 9.90. The molecule has 7 nitrogen and oxygen atoms in total. The van der Waals surface area contributed by atoms with Gasteiger partial charge in [0.05, 0.1) is 17.6 Å². The van der Waals surface area contributed by atoms with Crippen molar-refractivity contribution in [1.29, 1.82) is 0 Å². The zero-order chi connectivity index (χ0) is 31.3. The van der Waals surface area contributed by atoms with Crippen LogP contribution in [0.15, 0.2) is 54.9 Å². The predicted octanol–water partition coefficient (Wildman–Crippen LogP) is 5.17. The highest BCUT2D eigenvalue weighted by atomic mass is 16.2. The summed E-state index contributed by atoms with van der Waals surface area (Å²) in [7, 11) is 2.04. The van der Waals surface area contributed by atoms with Gasteiger partial charge in [-0.2, -0.15) is 0 Å². The lowest BCUT2D eigenvalue weighted by molar-refractivity contribution is 0.0827. The number of anilines is 1. The van der Waals surface area contributed by atoms with Crippen LogP contribution < -0.4 is 5.73 Å². The smallest absolute Gasteiger partial charge is 0.253 e. The van der Waals surface area contributed by atoms with E-state index in [1.807, 2.05) is 38.2 Å². The number of nitrogens with zero attached hydrogens (tertiary/aromatic N) is 5. The molecule has 2 N–H and O–H groups in total. The number of hydrogen-bond donors (Lipinski definition) is 1. The normalized spacial score (nSPS) is 18.8. The van der Waals surface area contributed by atoms with Crippen LogP contribution in [0, 0.1) is 6.92 Å². The molecule has 1 aliphatic heterocycles. The minimum atomic E-state index is -3.08. The number of nitrogen functional groups attached to an aromatic ring is 1. The third kappa shape index (κ3) is 4.71. The molecule has 4 heterocycles. The minimum Gasteiger partial charge on any atom is -0.397 e. The van der Waals surface area contributed by atoms with Gasteiger partial charge in [-0.15, -0.1) is 0 Å². The quantitative estimate of drug-likeness (QED) is 0.407. The van der Waals surface area contributed by atoms with E-state index in [4.69, 9.17) is 14.0 Å². The van der Waals surface area contributed by atoms with E-state index in [0.717, 1.165) is 65.0 Å². The van der Waals surface area contributed by atoms with Crippen molar-refractivity contribution in [1.82, 2.24) is 24.3 Å². The van der Waals surface area contributed by atoms with Crippen molar-refractivity contribution in [3.05, 3.63) is 77.2 Å². The molecule has 1 saturated heterocycles. The minimum absolute atomic E-state index is 0.00601. The average molecular weight is 503 g/mol. The first-order valence-electron chi connectivity index (χ1n) is 15.5. The highest BCUT2D eigenvalue weighted by molar-refractivity contribution is 5.94. The highest BCUT2D eigenvalue weighted by Gasteiger charge is 2.27. The van der Waals surface area contributed by atoms with Gasteiger partial charge >= 0.3 is 0 Å². The second kappa shape index (κ2) is 9.98. The number of likely N-dealkylation sites (tertiary alicyclic amines) is 1. The Morgan fingerprint density at radius 2 is 1.92 bits per heavy atom. The fourth-order valence-electron chi connectivity index (χ4n) is 5.61. The summed E-state index contributed by atoms with van der Waals surface area (Å²) in [5.74, 6) is -0.760. The summed E-state index contributed by atoms with van der Waals surface area (Å²) in [6.45, 7) is -0.312. The molecule has 1 fully saturated rings. The molecule has 0 bridgehead atoms. The molecule has 192 valence electrons. The lowest BCUT2D eigenvalue weighted by Gasteiger charge is -2.37. The van der Waals surface area contributed by atoms with E-state index in [9.17, 15) is 4.79 Å². The molecule has 37 heavy (non-hydrogen) atoms. The Morgan fingerprint density at radius 1 is 1.14 bits per heavy atom. The molecule has 3 aromatic heterocycles. The summed E-state index contributed by atoms with van der Waals surface area (Å²) < 4.78 is 47.5. The molecule has 4 aromatic rings. The highest BCUT2D eigenvalue weighted by Crippen LogP contribution is 2.36. The molecular formula is C30H36N6O. The molecule has 1 amide bonds. The molecule has 0 saturated carbocycles. The number of rotatable bonds is 5. The Bertz CT molecular complexity index is 1620. The van der Waals surface area contributed by atoms with E-state index < -0.39 is 19.9 Å². The van der Waals surface area contributed by atoms with Crippen LogP contribution in [0.4, 0.5) is 5.69 Å². The van der Waals surface area contributed by atoms with Crippen LogP contribution in [0.3, 0.4) is 0 Å². The Kier molecular flexibility index (Phi) is 4.99. The van der Waals surface area contributed by atoms with Crippen LogP contribution in [0.25, 0.3) is 22.3 Å². The zero-order valence-electron chi connectivity index (χ0n) is 27.4. The van der Waals surface area contributed by atoms with E-state index in [1.165, 1.54) is 0 Å². The van der Waals surface area contributed by atoms with Crippen LogP contribution in [-0.4, -0.2) is 57.3 Å². The molecule has 0 spiro atoms. The van der Waals surface area contributed by atoms with Gasteiger partial charge in [-0.3, -0.25) is 14.7 Å². The monoisotopic (exact) mass is 502 g/mol. The van der Waals surface area contributed by atoms with Crippen LogP contribution in [0.1, 0.15) is 67.1 Å². The van der Waals surface area contributed by atoms with Crippen molar-refractivity contribution >= 4 is 22.6 Å². The second-order valence-corrected chi connectivity index (χ2v) is 9.90. The van der Waals surface area contributed by atoms with Gasteiger partial charge in [-0.1, -0.05) is 6.07 Å². The fraction of sp³-hybridized carbons (Fsp3) is 0.367. The van der Waals surface area contributed by atoms with Crippen molar-refractivity contribution < 1.29 is 13.0 Å². The molecule has 0 radical (unpaired) electrons. The number of carbonyl (C=O) groups is 1. The van der Waals surface area contributed by atoms with Crippen molar-refractivity contribution in [2.75, 3.05) is 32.8 Å². The van der Waals surface area contributed by atoms with Crippen LogP contribution in [0.5, 0.6) is 0 Å². The average Bonchev–Trinajstić information content (AvgIpc) is 3.28. The van der Waals surface area contributed by atoms with Crippen molar-refractivity contribution in [3.63, 3.8) is 0 Å². The number of aromatic nitrogens is 3. The number of amides is 1. The molecule has 1 aromatic carbocycles. The standard InChI is InChI=1S/C30H36N6O/c1-19-16-22(30(37)34(3)4)6-8-24(19)21-11-14-36(15-12-21)20(2)28-17-26-25(10-13-32-29(26)35(28)5)27-9-7-23(31)18-33-27/h6-10,13,16-18,20-21H,11-12,14-15,31H2,1-5H3/t20-/m0/s1/i3D3,4D3. The summed E-state index contributed by atoms with van der Waals surface area (Å²) in [6.07, 6.45) is 5.30. The van der Waals surface area contributed by atoms with Gasteiger partial charge in [-0.25, -0.2) is 4.98 Å². The largest absolute Gasteiger partial charge is 0.397 e. The molecule has 5 rings (SSSR count). The summed E-state index contributed by atoms with van der Waals surface area (Å²) >= 11 is 0. The number of fused-ring (bicyclic) bond motifs is 1. The number of nitrogens with two attached hydrogens (primary N) is 1. The van der Waals surface area contributed by atoms with Gasteiger partial charge in [-0.05, 0) is 93.2 Å². The van der Waals surface area contributed by atoms with Crippen molar-refractivity contribution in [2.24, 2.45) is 7.05 Å². The summed E-state index contributed by atoms with van der Waals surface area (Å²) in [5, 5.41) is 1.04. The van der Waals surface area contributed by atoms with Crippen molar-refractivity contribution in [3.8, 4) is 11.3 Å². The third-order valence-electron chi connectivity index (χ3n) is 7.69. The predicted molar refractivity (Wildman–Crippen MR) is 150 cm³/mol. The van der Waals surface area contributed by atoms with Crippen LogP contribution in [0.2, 0.25) is 0 Å². The van der Waals surface area contributed by atoms with E-state index >= 15 is 0 Å². The van der Waals surface area contributed by atoms with Crippen LogP contribution >= 0.6 is 0 Å². The van der Waals surface area contributed by atoms with Gasteiger partial charge < -0.3 is 15.2 Å². The van der Waals surface area contributed by atoms with Gasteiger partial charge in [0.2, 0.25) is 0 Å². The summed E-state index contributed by atoms with van der Waals surface area (Å²) in [5.41, 5.74) is 12.4. The maximum atomic E-state index is 12.9. The Hall–Kier alpha value is -3.71. The molecule has 7 heteroatoms. The number of carbonyl (C=O) groups excluding carboxylic acids is 1. The summed E-state index contributed by atoms with van der Waals surface area (Å²) in [4.78, 5) is 24.6. The van der Waals surface area contributed by atoms with Crippen molar-refractivity contribution in [2.45, 2.75) is 38.6 Å². The van der Waals surface area contributed by atoms with Gasteiger partial charge in [0.15, 0.2) is 0 Å². The van der Waals surface area contributed by atoms with Gasteiger partial charge in [0.1, 0.15) is 5.65 Å². The van der Waals surface area contributed by atoms with E-state index in [2.05, 4.69) is 32.4 Å². The number of hydrogen-bond acceptors (Lipinski definition) is 5. The Morgan fingerprint density at radius 3 is 2.59 bits per heavy atom. The number of piperidine rings is 1. The topological polar surface area (TPSA) is 80.3 Å². The molecular weight excluding hydrogens is 460 g/mol. The molecule has 1 aliphatic rings. The fourth-order valence-corrected chi connectivity index (χ4v) is 5.61. The molecule has 0 unspecified atom stereocenters. The van der Waals surface area contributed by atoms with E-state index in [1.54, 1.807) is 24.5 Å². The Labute approximate surface area is 227 Å². The van der Waals surface area contributed by atoms with Gasteiger partial charge in [0.25, 0.3) is 5.91 Å². The first kappa shape index (κ1) is 18.5. The van der Waals surface area contributed by atoms with Gasteiger partial charge in [0, 0.05) is 63.7 Å². The first-order valence-corrected chi connectivity index (χ1v) is 12.5.